The maximum atomic E-state index is 12.6. The molecular weight excluding hydrogens is 304 g/mol. The number of benzene rings is 2. The average Bonchev–Trinajstić information content (AvgIpc) is 2.66. The molecule has 1 nitrogen and oxygen atoms in total. The molecule has 0 fully saturated rings. The van der Waals surface area contributed by atoms with Gasteiger partial charge < -0.3 is 0 Å². The molecule has 0 aliphatic heterocycles. The van der Waals surface area contributed by atoms with E-state index in [1.54, 1.807) is 0 Å². The normalized spacial score (nSPS) is 17.5. The fraction of sp³-hybridized carbons (Fsp3) is 0.458. The molecule has 0 radical (unpaired) electrons. The van der Waals surface area contributed by atoms with Crippen molar-refractivity contribution in [3.8, 4) is 0 Å². The minimum Gasteiger partial charge on any atom is -0.289 e. The molecule has 0 atom stereocenters. The van der Waals surface area contributed by atoms with Crippen LogP contribution in [0.1, 0.15) is 84.8 Å². The van der Waals surface area contributed by atoms with Gasteiger partial charge in [-0.05, 0) is 36.8 Å². The van der Waals surface area contributed by atoms with Gasteiger partial charge in [0.25, 0.3) is 0 Å². The maximum absolute atomic E-state index is 12.6. The monoisotopic (exact) mass is 334 g/mol. The third kappa shape index (κ3) is 5.56. The molecule has 132 valence electrons. The van der Waals surface area contributed by atoms with Crippen molar-refractivity contribution in [2.45, 2.75) is 70.6 Å². The van der Waals surface area contributed by atoms with E-state index in [0.29, 0.717) is 0 Å². The molecule has 0 saturated carbocycles. The summed E-state index contributed by atoms with van der Waals surface area (Å²) < 4.78 is 0. The predicted octanol–water partition coefficient (Wildman–Crippen LogP) is 6.53. The van der Waals surface area contributed by atoms with Gasteiger partial charge in [0.15, 0.2) is 5.78 Å². The topological polar surface area (TPSA) is 17.1 Å². The molecule has 2 aromatic rings. The first-order valence-corrected chi connectivity index (χ1v) is 10.1. The lowest BCUT2D eigenvalue weighted by atomic mass is 9.97. The number of hydrogen-bond donors (Lipinski definition) is 0. The Morgan fingerprint density at radius 2 is 0.760 bits per heavy atom. The molecule has 3 aliphatic rings. The van der Waals surface area contributed by atoms with Crippen LogP contribution in [0.2, 0.25) is 0 Å². The predicted molar refractivity (Wildman–Crippen MR) is 105 cm³/mol. The van der Waals surface area contributed by atoms with Crippen molar-refractivity contribution in [3.05, 3.63) is 70.8 Å². The molecule has 0 spiro atoms. The van der Waals surface area contributed by atoms with Crippen LogP contribution in [0.4, 0.5) is 0 Å². The lowest BCUT2D eigenvalue weighted by molar-refractivity contribution is 0.103. The van der Waals surface area contributed by atoms with Gasteiger partial charge in [-0.1, -0.05) is 93.5 Å². The molecule has 1 heteroatoms. The Kier molecular flexibility index (Phi) is 6.85. The summed E-state index contributed by atoms with van der Waals surface area (Å²) in [6.45, 7) is 0. The van der Waals surface area contributed by atoms with E-state index in [-0.39, 0.29) is 5.78 Å². The number of hydrogen-bond acceptors (Lipinski definition) is 1. The van der Waals surface area contributed by atoms with Crippen molar-refractivity contribution >= 4 is 5.78 Å². The zero-order valence-electron chi connectivity index (χ0n) is 15.3. The van der Waals surface area contributed by atoms with Crippen molar-refractivity contribution in [2.24, 2.45) is 0 Å². The van der Waals surface area contributed by atoms with Gasteiger partial charge in [-0.2, -0.15) is 0 Å². The first-order chi connectivity index (χ1) is 12.3. The third-order valence-corrected chi connectivity index (χ3v) is 5.36. The van der Waals surface area contributed by atoms with Gasteiger partial charge in [-0.15, -0.1) is 0 Å². The largest absolute Gasteiger partial charge is 0.289 e. The zero-order valence-corrected chi connectivity index (χ0v) is 15.3. The van der Waals surface area contributed by atoms with Crippen LogP contribution in [0, 0.1) is 0 Å². The van der Waals surface area contributed by atoms with Gasteiger partial charge in [0.05, 0.1) is 0 Å². The fourth-order valence-corrected chi connectivity index (χ4v) is 3.71. The van der Waals surface area contributed by atoms with E-state index < -0.39 is 0 Å². The second kappa shape index (κ2) is 9.56. The van der Waals surface area contributed by atoms with E-state index in [1.807, 2.05) is 24.3 Å². The fourth-order valence-electron chi connectivity index (χ4n) is 3.71. The van der Waals surface area contributed by atoms with E-state index >= 15 is 0 Å². The second-order valence-electron chi connectivity index (χ2n) is 7.40. The minimum atomic E-state index is 0.132. The molecular formula is C24H30O. The van der Waals surface area contributed by atoms with E-state index in [1.165, 1.54) is 68.9 Å². The number of fused-ring (bicyclic) bond motifs is 2. The lowest BCUT2D eigenvalue weighted by Gasteiger charge is -2.07. The van der Waals surface area contributed by atoms with Crippen LogP contribution in [0.5, 0.6) is 0 Å². The first-order valence-electron chi connectivity index (χ1n) is 10.1. The van der Waals surface area contributed by atoms with Crippen LogP contribution in [0.25, 0.3) is 0 Å². The molecule has 0 saturated heterocycles. The van der Waals surface area contributed by atoms with E-state index in [4.69, 9.17) is 0 Å². The standard InChI is InChI=1S/C24H30O/c25-24-22-16-12-20(13-17-22)10-8-6-4-2-1-3-5-7-9-11-21-14-18-23(24)19-15-21/h12-19H,1-11H2. The molecule has 0 unspecified atom stereocenters. The van der Waals surface area contributed by atoms with Crippen LogP contribution in [-0.2, 0) is 12.8 Å². The smallest absolute Gasteiger partial charge is 0.193 e. The van der Waals surface area contributed by atoms with Gasteiger partial charge in [-0.25, -0.2) is 0 Å². The van der Waals surface area contributed by atoms with Crippen molar-refractivity contribution in [2.75, 3.05) is 0 Å². The lowest BCUT2D eigenvalue weighted by Crippen LogP contribution is -2.02. The highest BCUT2D eigenvalue weighted by molar-refractivity contribution is 6.08. The number of rotatable bonds is 0. The molecule has 5 rings (SSSR count). The molecule has 0 amide bonds. The Bertz CT molecular complexity index is 594. The quantitative estimate of drug-likeness (QED) is 0.535. The molecule has 0 N–H and O–H groups in total. The maximum Gasteiger partial charge on any atom is 0.193 e. The number of aryl methyl sites for hydroxylation is 2. The summed E-state index contributed by atoms with van der Waals surface area (Å²) in [6.07, 6.45) is 14.3. The summed E-state index contributed by atoms with van der Waals surface area (Å²) >= 11 is 0. The Morgan fingerprint density at radius 3 is 1.12 bits per heavy atom. The van der Waals surface area contributed by atoms with Crippen molar-refractivity contribution in [3.63, 3.8) is 0 Å². The number of carbonyl (C=O) groups excluding carboxylic acids is 1. The van der Waals surface area contributed by atoms with E-state index in [0.717, 1.165) is 24.0 Å². The molecule has 3 aliphatic carbocycles. The highest BCUT2D eigenvalue weighted by atomic mass is 16.1. The Labute approximate surface area is 152 Å². The van der Waals surface area contributed by atoms with Gasteiger partial charge in [0, 0.05) is 11.1 Å². The summed E-state index contributed by atoms with van der Waals surface area (Å²) in [7, 11) is 0. The van der Waals surface area contributed by atoms with Crippen LogP contribution < -0.4 is 0 Å². The van der Waals surface area contributed by atoms with Crippen LogP contribution in [0.15, 0.2) is 48.5 Å². The van der Waals surface area contributed by atoms with Crippen molar-refractivity contribution in [1.29, 1.82) is 0 Å². The van der Waals surface area contributed by atoms with E-state index in [2.05, 4.69) is 24.3 Å². The van der Waals surface area contributed by atoms with Gasteiger partial charge in [-0.3, -0.25) is 4.79 Å². The minimum absolute atomic E-state index is 0.132. The Hall–Kier alpha value is -1.89. The van der Waals surface area contributed by atoms with Crippen LogP contribution >= 0.6 is 0 Å². The Morgan fingerprint density at radius 1 is 0.440 bits per heavy atom. The summed E-state index contributed by atoms with van der Waals surface area (Å²) in [5.41, 5.74) is 4.29. The molecule has 4 bridgehead atoms. The first kappa shape index (κ1) is 17.9. The van der Waals surface area contributed by atoms with Gasteiger partial charge in [0.1, 0.15) is 0 Å². The van der Waals surface area contributed by atoms with Gasteiger partial charge >= 0.3 is 0 Å². The SMILES string of the molecule is O=C1c2ccc(cc2)CCCCCCCCCCCc2ccc1cc2. The highest BCUT2D eigenvalue weighted by Gasteiger charge is 2.09. The van der Waals surface area contributed by atoms with Crippen molar-refractivity contribution < 1.29 is 4.79 Å². The summed E-state index contributed by atoms with van der Waals surface area (Å²) in [5.74, 6) is 0.132. The molecule has 2 aromatic carbocycles. The van der Waals surface area contributed by atoms with Crippen molar-refractivity contribution in [1.82, 2.24) is 0 Å². The summed E-state index contributed by atoms with van der Waals surface area (Å²) in [6, 6.07) is 16.5. The molecule has 0 heterocycles. The number of ketones is 1. The van der Waals surface area contributed by atoms with Crippen LogP contribution in [0.3, 0.4) is 0 Å². The second-order valence-corrected chi connectivity index (χ2v) is 7.40. The molecule has 25 heavy (non-hydrogen) atoms. The molecule has 0 aromatic heterocycles. The third-order valence-electron chi connectivity index (χ3n) is 5.36. The van der Waals surface area contributed by atoms with Gasteiger partial charge in [0.2, 0.25) is 0 Å². The number of carbonyl (C=O) groups is 1. The van der Waals surface area contributed by atoms with E-state index in [9.17, 15) is 4.79 Å². The summed E-state index contributed by atoms with van der Waals surface area (Å²) in [5, 5.41) is 0. The summed E-state index contributed by atoms with van der Waals surface area (Å²) in [4.78, 5) is 12.6. The van der Waals surface area contributed by atoms with Crippen LogP contribution in [-0.4, -0.2) is 5.78 Å². The Balaban J connectivity index is 1.70. The zero-order chi connectivity index (χ0) is 17.3. The average molecular weight is 335 g/mol. The highest BCUT2D eigenvalue weighted by Crippen LogP contribution is 2.17.